The van der Waals surface area contributed by atoms with Crippen LogP contribution < -0.4 is 20.5 Å². The first-order valence-electron chi connectivity index (χ1n) is 9.18. The van der Waals surface area contributed by atoms with Gasteiger partial charge < -0.3 is 14.8 Å². The highest BCUT2D eigenvalue weighted by Gasteiger charge is 2.17. The molecule has 1 N–H and O–H groups in total. The van der Waals surface area contributed by atoms with E-state index in [9.17, 15) is 9.59 Å². The third-order valence-corrected chi connectivity index (χ3v) is 5.21. The summed E-state index contributed by atoms with van der Waals surface area (Å²) in [5.41, 5.74) is 2.03. The molecule has 31 heavy (non-hydrogen) atoms. The zero-order valence-corrected chi connectivity index (χ0v) is 17.5. The molecular weight excluding hydrogens is 420 g/mol. The van der Waals surface area contributed by atoms with E-state index in [2.05, 4.69) is 15.5 Å². The molecule has 0 aliphatic heterocycles. The van der Waals surface area contributed by atoms with Crippen LogP contribution in [0.15, 0.2) is 63.2 Å². The van der Waals surface area contributed by atoms with Crippen LogP contribution in [0.5, 0.6) is 11.5 Å². The smallest absolute Gasteiger partial charge is 0.442 e. The lowest BCUT2D eigenvalue weighted by atomic mass is 10.1. The Labute approximate surface area is 180 Å². The molecule has 0 saturated heterocycles. The maximum atomic E-state index is 12.6. The first-order chi connectivity index (χ1) is 15.1. The maximum absolute atomic E-state index is 12.6. The first-order valence-corrected chi connectivity index (χ1v) is 10.1. The van der Waals surface area contributed by atoms with Gasteiger partial charge in [0.05, 0.1) is 19.9 Å². The Hall–Kier alpha value is -3.92. The Balaban J connectivity index is 1.53. The lowest BCUT2D eigenvalue weighted by molar-refractivity contribution is -0.116. The Bertz CT molecular complexity index is 1260. The third-order valence-electron chi connectivity index (χ3n) is 4.45. The third kappa shape index (κ3) is 4.33. The summed E-state index contributed by atoms with van der Waals surface area (Å²) in [4.78, 5) is 29.1. The van der Waals surface area contributed by atoms with E-state index in [0.29, 0.717) is 27.9 Å². The number of amides is 1. The second kappa shape index (κ2) is 8.84. The number of carbonyl (C=O) groups is 1. The number of carbonyl (C=O) groups excluding carboxylic acids is 1. The highest BCUT2D eigenvalue weighted by molar-refractivity contribution is 7.14. The normalized spacial score (nSPS) is 10.6. The summed E-state index contributed by atoms with van der Waals surface area (Å²) in [6, 6.07) is 14.4. The van der Waals surface area contributed by atoms with Crippen LogP contribution in [-0.2, 0) is 11.3 Å². The van der Waals surface area contributed by atoms with Crippen molar-refractivity contribution in [3.05, 3.63) is 64.5 Å². The minimum Gasteiger partial charge on any atom is -0.497 e. The summed E-state index contributed by atoms with van der Waals surface area (Å²) < 4.78 is 16.6. The maximum Gasteiger partial charge on any atom is 0.442 e. The van der Waals surface area contributed by atoms with Crippen molar-refractivity contribution in [2.24, 2.45) is 0 Å². The van der Waals surface area contributed by atoms with Gasteiger partial charge >= 0.3 is 5.76 Å². The Morgan fingerprint density at radius 2 is 1.97 bits per heavy atom. The Kier molecular flexibility index (Phi) is 5.80. The van der Waals surface area contributed by atoms with Gasteiger partial charge in [0.25, 0.3) is 0 Å². The fourth-order valence-corrected chi connectivity index (χ4v) is 3.70. The lowest BCUT2D eigenvalue weighted by Gasteiger charge is -2.08. The molecule has 9 nitrogen and oxygen atoms in total. The molecule has 0 aliphatic carbocycles. The molecule has 0 bridgehead atoms. The van der Waals surface area contributed by atoms with E-state index in [1.165, 1.54) is 15.9 Å². The average Bonchev–Trinajstić information content (AvgIpc) is 3.40. The van der Waals surface area contributed by atoms with Crippen LogP contribution in [-0.4, -0.2) is 34.8 Å². The molecule has 0 unspecified atom stereocenters. The van der Waals surface area contributed by atoms with Gasteiger partial charge in [0.15, 0.2) is 11.0 Å². The topological polar surface area (TPSA) is 108 Å². The predicted octanol–water partition coefficient (Wildman–Crippen LogP) is 3.28. The van der Waals surface area contributed by atoms with Crippen LogP contribution in [0.1, 0.15) is 0 Å². The molecule has 10 heteroatoms. The van der Waals surface area contributed by atoms with Crippen molar-refractivity contribution in [3.63, 3.8) is 0 Å². The molecule has 4 rings (SSSR count). The first kappa shape index (κ1) is 20.4. The van der Waals surface area contributed by atoms with Crippen molar-refractivity contribution < 1.29 is 18.8 Å². The minimum absolute atomic E-state index is 0.260. The molecule has 0 saturated carbocycles. The van der Waals surface area contributed by atoms with Gasteiger partial charge in [-0.1, -0.05) is 35.5 Å². The van der Waals surface area contributed by atoms with Crippen molar-refractivity contribution in [1.29, 1.82) is 0 Å². The largest absolute Gasteiger partial charge is 0.497 e. The Morgan fingerprint density at radius 3 is 2.71 bits per heavy atom. The lowest BCUT2D eigenvalue weighted by Crippen LogP contribution is -2.25. The molecule has 0 fully saturated rings. The molecule has 2 aromatic heterocycles. The van der Waals surface area contributed by atoms with Gasteiger partial charge in [-0.2, -0.15) is 0 Å². The van der Waals surface area contributed by atoms with E-state index in [1.807, 2.05) is 24.3 Å². The molecule has 0 aliphatic rings. The molecule has 1 amide bonds. The van der Waals surface area contributed by atoms with Gasteiger partial charge in [-0.15, -0.1) is 11.3 Å². The van der Waals surface area contributed by atoms with Gasteiger partial charge in [0.2, 0.25) is 5.91 Å². The number of nitrogens with zero attached hydrogens (tertiary/aromatic N) is 3. The zero-order chi connectivity index (χ0) is 21.8. The van der Waals surface area contributed by atoms with E-state index >= 15 is 0 Å². The number of thiazole rings is 1. The van der Waals surface area contributed by atoms with Gasteiger partial charge in [-0.3, -0.25) is 9.32 Å². The number of rotatable bonds is 7. The molecule has 2 aromatic carbocycles. The number of hydrogen-bond donors (Lipinski definition) is 1. The molecule has 158 valence electrons. The zero-order valence-electron chi connectivity index (χ0n) is 16.7. The number of benzene rings is 2. The van der Waals surface area contributed by atoms with Crippen molar-refractivity contribution >= 4 is 22.4 Å². The fraction of sp³-hybridized carbons (Fsp3) is 0.143. The molecule has 2 heterocycles. The number of ether oxygens (including phenoxy) is 2. The predicted molar refractivity (Wildman–Crippen MR) is 115 cm³/mol. The molecule has 4 aromatic rings. The number of nitrogens with one attached hydrogen (secondary N) is 1. The monoisotopic (exact) mass is 438 g/mol. The van der Waals surface area contributed by atoms with Gasteiger partial charge in [0.1, 0.15) is 18.0 Å². The molecular formula is C21H18N4O5S. The van der Waals surface area contributed by atoms with Gasteiger partial charge in [-0.05, 0) is 18.2 Å². The number of methoxy groups -OCH3 is 2. The summed E-state index contributed by atoms with van der Waals surface area (Å²) in [5, 5.41) is 8.68. The molecule has 0 radical (unpaired) electrons. The van der Waals surface area contributed by atoms with Crippen molar-refractivity contribution in [2.45, 2.75) is 6.54 Å². The number of hydrogen-bond acceptors (Lipinski definition) is 8. The summed E-state index contributed by atoms with van der Waals surface area (Å²) in [7, 11) is 3.15. The van der Waals surface area contributed by atoms with Crippen LogP contribution >= 0.6 is 11.3 Å². The standard InChI is InChI=1S/C21H18N4O5S/c1-28-14-8-9-17(29-2)15(10-14)16-12-31-20(22-16)23-18(26)11-25-19(24-30-21(25)27)13-6-4-3-5-7-13/h3-10,12H,11H2,1-2H3,(H,22,23,26). The fourth-order valence-electron chi connectivity index (χ4n) is 2.97. The summed E-state index contributed by atoms with van der Waals surface area (Å²) in [5.74, 6) is 0.430. The average molecular weight is 438 g/mol. The van der Waals surface area contributed by atoms with Crippen LogP contribution in [0.3, 0.4) is 0 Å². The second-order valence-corrected chi connectivity index (χ2v) is 7.23. The van der Waals surface area contributed by atoms with Crippen LogP contribution in [0.4, 0.5) is 5.13 Å². The summed E-state index contributed by atoms with van der Waals surface area (Å²) in [6.45, 7) is -0.260. The van der Waals surface area contributed by atoms with Crippen molar-refractivity contribution in [1.82, 2.24) is 14.7 Å². The van der Waals surface area contributed by atoms with E-state index in [1.54, 1.807) is 43.9 Å². The number of aromatic nitrogens is 3. The highest BCUT2D eigenvalue weighted by atomic mass is 32.1. The highest BCUT2D eigenvalue weighted by Crippen LogP contribution is 2.35. The van der Waals surface area contributed by atoms with Gasteiger partial charge in [0, 0.05) is 16.5 Å². The summed E-state index contributed by atoms with van der Waals surface area (Å²) >= 11 is 1.26. The quantitative estimate of drug-likeness (QED) is 0.472. The van der Waals surface area contributed by atoms with Crippen LogP contribution in [0.2, 0.25) is 0 Å². The Morgan fingerprint density at radius 1 is 1.16 bits per heavy atom. The van der Waals surface area contributed by atoms with Crippen LogP contribution in [0, 0.1) is 0 Å². The molecule has 0 spiro atoms. The van der Waals surface area contributed by atoms with Crippen molar-refractivity contribution in [3.8, 4) is 34.1 Å². The van der Waals surface area contributed by atoms with Crippen molar-refractivity contribution in [2.75, 3.05) is 19.5 Å². The summed E-state index contributed by atoms with van der Waals surface area (Å²) in [6.07, 6.45) is 0. The minimum atomic E-state index is -0.713. The van der Waals surface area contributed by atoms with Crippen LogP contribution in [0.25, 0.3) is 22.6 Å². The van der Waals surface area contributed by atoms with E-state index in [-0.39, 0.29) is 12.4 Å². The van der Waals surface area contributed by atoms with Gasteiger partial charge in [-0.25, -0.2) is 14.3 Å². The SMILES string of the molecule is COc1ccc(OC)c(-c2csc(NC(=O)Cn3c(-c4ccccc4)noc3=O)n2)c1. The van der Waals surface area contributed by atoms with E-state index in [0.717, 1.165) is 5.56 Å². The van der Waals surface area contributed by atoms with E-state index in [4.69, 9.17) is 14.0 Å². The second-order valence-electron chi connectivity index (χ2n) is 6.38. The van der Waals surface area contributed by atoms with E-state index < -0.39 is 11.7 Å². The molecule has 0 atom stereocenters. The number of anilines is 1.